The van der Waals surface area contributed by atoms with Crippen molar-refractivity contribution in [3.05, 3.63) is 59.8 Å². The molecule has 3 aromatic rings. The van der Waals surface area contributed by atoms with E-state index in [0.717, 1.165) is 28.2 Å². The number of carbonyl (C=O) groups is 1. The lowest BCUT2D eigenvalue weighted by Gasteiger charge is -2.25. The van der Waals surface area contributed by atoms with Gasteiger partial charge in [-0.1, -0.05) is 6.07 Å². The third-order valence-electron chi connectivity index (χ3n) is 5.43. The Morgan fingerprint density at radius 1 is 1.19 bits per heavy atom. The minimum absolute atomic E-state index is 0.222. The number of halogens is 3. The molecule has 0 bridgehead atoms. The van der Waals surface area contributed by atoms with Crippen molar-refractivity contribution in [1.29, 1.82) is 0 Å². The summed E-state index contributed by atoms with van der Waals surface area (Å²) < 4.78 is 64.4. The van der Waals surface area contributed by atoms with E-state index in [1.807, 2.05) is 41.3 Å². The molecule has 1 aliphatic rings. The molecule has 10 nitrogen and oxygen atoms in total. The summed E-state index contributed by atoms with van der Waals surface area (Å²) in [4.78, 5) is 13.3. The molecular weight excluding hydrogens is 501 g/mol. The average Bonchev–Trinajstić information content (AvgIpc) is 3.34. The number of carboxylic acid groups (broad SMARTS) is 1. The average molecular weight is 529 g/mol. The lowest BCUT2D eigenvalue weighted by atomic mass is 10.1. The number of hydrogen-bond acceptors (Lipinski definition) is 5. The highest BCUT2D eigenvalue weighted by Crippen LogP contribution is 2.35. The van der Waals surface area contributed by atoms with Gasteiger partial charge in [-0.2, -0.15) is 35.3 Å². The van der Waals surface area contributed by atoms with E-state index in [0.29, 0.717) is 13.1 Å². The molecular formula is C22H27F3N6O4S. The number of aromatic nitrogens is 4. The molecule has 3 aromatic heterocycles. The van der Waals surface area contributed by atoms with Crippen LogP contribution in [0.2, 0.25) is 0 Å². The molecule has 4 heterocycles. The normalized spacial score (nSPS) is 14.1. The standard InChI is InChI=1S/C20H26N6O2S.C2HF3O2/c1-15(2)26-10-8-18-19(26)14-25(29(27,28)23(3)4)12-16-11-24(22-20(16)18)13-17-7-5-6-9-21-17;3-2(4,5)1(6)7/h5-11,15H,12-14H2,1-4H3;(H,6,7). The zero-order chi connectivity index (χ0) is 26.8. The van der Waals surface area contributed by atoms with Gasteiger partial charge in [-0.25, -0.2) is 4.79 Å². The number of aliphatic carboxylic acids is 1. The minimum atomic E-state index is -5.08. The fourth-order valence-electron chi connectivity index (χ4n) is 3.70. The first-order valence-electron chi connectivity index (χ1n) is 10.9. The second-order valence-corrected chi connectivity index (χ2v) is 10.7. The molecule has 0 aliphatic carbocycles. The van der Waals surface area contributed by atoms with Gasteiger partial charge in [0, 0.05) is 62.1 Å². The van der Waals surface area contributed by atoms with Gasteiger partial charge in [0.15, 0.2) is 0 Å². The van der Waals surface area contributed by atoms with Crippen LogP contribution >= 0.6 is 0 Å². The summed E-state index contributed by atoms with van der Waals surface area (Å²) in [5.74, 6) is -2.76. The summed E-state index contributed by atoms with van der Waals surface area (Å²) in [6.45, 7) is 5.32. The summed E-state index contributed by atoms with van der Waals surface area (Å²) in [7, 11) is -0.448. The molecule has 0 saturated carbocycles. The van der Waals surface area contributed by atoms with Crippen LogP contribution in [0, 0.1) is 0 Å². The first-order chi connectivity index (χ1) is 16.7. The van der Waals surface area contributed by atoms with Gasteiger partial charge in [0.25, 0.3) is 10.2 Å². The van der Waals surface area contributed by atoms with Crippen LogP contribution in [-0.2, 0) is 34.6 Å². The van der Waals surface area contributed by atoms with Crippen LogP contribution in [-0.4, -0.2) is 67.7 Å². The molecule has 0 unspecified atom stereocenters. The number of nitrogens with zero attached hydrogens (tertiary/aromatic N) is 6. The van der Waals surface area contributed by atoms with E-state index in [1.165, 1.54) is 8.61 Å². The number of fused-ring (bicyclic) bond motifs is 3. The first-order valence-corrected chi connectivity index (χ1v) is 12.3. The van der Waals surface area contributed by atoms with Gasteiger partial charge in [0.1, 0.15) is 0 Å². The van der Waals surface area contributed by atoms with E-state index < -0.39 is 22.4 Å². The van der Waals surface area contributed by atoms with Crippen LogP contribution in [0.3, 0.4) is 0 Å². The van der Waals surface area contributed by atoms with Crippen molar-refractivity contribution in [2.75, 3.05) is 14.1 Å². The first kappa shape index (κ1) is 27.4. The zero-order valence-electron chi connectivity index (χ0n) is 20.1. The second-order valence-electron chi connectivity index (χ2n) is 8.56. The number of carboxylic acids is 1. The predicted octanol–water partition coefficient (Wildman–Crippen LogP) is 3.13. The summed E-state index contributed by atoms with van der Waals surface area (Å²) >= 11 is 0. The topological polar surface area (TPSA) is 114 Å². The Morgan fingerprint density at radius 3 is 2.39 bits per heavy atom. The molecule has 14 heteroatoms. The van der Waals surface area contributed by atoms with Crippen molar-refractivity contribution < 1.29 is 31.5 Å². The van der Waals surface area contributed by atoms with Crippen molar-refractivity contribution in [1.82, 2.24) is 27.9 Å². The Balaban J connectivity index is 0.000000454. The van der Waals surface area contributed by atoms with Gasteiger partial charge < -0.3 is 9.67 Å². The van der Waals surface area contributed by atoms with Gasteiger partial charge in [-0.15, -0.1) is 0 Å². The molecule has 196 valence electrons. The van der Waals surface area contributed by atoms with Crippen LogP contribution in [0.5, 0.6) is 0 Å². The summed E-state index contributed by atoms with van der Waals surface area (Å²) in [5.41, 5.74) is 4.60. The van der Waals surface area contributed by atoms with E-state index in [-0.39, 0.29) is 12.6 Å². The van der Waals surface area contributed by atoms with Gasteiger partial charge in [-0.05, 0) is 32.0 Å². The maximum Gasteiger partial charge on any atom is 0.490 e. The van der Waals surface area contributed by atoms with Crippen LogP contribution in [0.4, 0.5) is 13.2 Å². The Hall–Kier alpha value is -3.23. The molecule has 0 saturated heterocycles. The van der Waals surface area contributed by atoms with E-state index in [4.69, 9.17) is 15.0 Å². The second kappa shape index (κ2) is 10.4. The largest absolute Gasteiger partial charge is 0.490 e. The van der Waals surface area contributed by atoms with Crippen LogP contribution in [0.15, 0.2) is 42.9 Å². The molecule has 0 amide bonds. The SMILES string of the molecule is CC(C)n1ccc2c1CN(S(=O)(=O)N(C)C)Cc1cn(Cc3ccccn3)nc1-2.O=C(O)C(F)(F)F. The van der Waals surface area contributed by atoms with E-state index in [2.05, 4.69) is 23.4 Å². The smallest absolute Gasteiger partial charge is 0.475 e. The monoisotopic (exact) mass is 528 g/mol. The molecule has 0 aromatic carbocycles. The lowest BCUT2D eigenvalue weighted by molar-refractivity contribution is -0.192. The Morgan fingerprint density at radius 2 is 1.86 bits per heavy atom. The molecule has 0 fully saturated rings. The van der Waals surface area contributed by atoms with E-state index in [9.17, 15) is 21.6 Å². The van der Waals surface area contributed by atoms with Gasteiger partial charge >= 0.3 is 12.1 Å². The van der Waals surface area contributed by atoms with Crippen molar-refractivity contribution in [2.24, 2.45) is 0 Å². The third kappa shape index (κ3) is 5.94. The van der Waals surface area contributed by atoms with Crippen LogP contribution in [0.1, 0.15) is 36.8 Å². The molecule has 0 radical (unpaired) electrons. The van der Waals surface area contributed by atoms with Crippen molar-refractivity contribution in [2.45, 2.75) is 45.7 Å². The fourth-order valence-corrected chi connectivity index (χ4v) is 4.75. The number of pyridine rings is 1. The molecule has 1 aliphatic heterocycles. The molecule has 36 heavy (non-hydrogen) atoms. The Labute approximate surface area is 206 Å². The minimum Gasteiger partial charge on any atom is -0.475 e. The quantitative estimate of drug-likeness (QED) is 0.545. The highest BCUT2D eigenvalue weighted by molar-refractivity contribution is 7.86. The number of rotatable bonds is 5. The van der Waals surface area contributed by atoms with Crippen molar-refractivity contribution in [3.63, 3.8) is 0 Å². The van der Waals surface area contributed by atoms with Crippen LogP contribution in [0.25, 0.3) is 11.3 Å². The van der Waals surface area contributed by atoms with E-state index >= 15 is 0 Å². The van der Waals surface area contributed by atoms with Crippen molar-refractivity contribution in [3.8, 4) is 11.3 Å². The predicted molar refractivity (Wildman–Crippen MR) is 125 cm³/mol. The lowest BCUT2D eigenvalue weighted by Crippen LogP contribution is -2.39. The number of hydrogen-bond donors (Lipinski definition) is 1. The maximum atomic E-state index is 13.0. The summed E-state index contributed by atoms with van der Waals surface area (Å²) in [6, 6.07) is 8.05. The maximum absolute atomic E-state index is 13.0. The summed E-state index contributed by atoms with van der Waals surface area (Å²) in [5, 5.41) is 11.9. The van der Waals surface area contributed by atoms with Gasteiger partial charge in [0.2, 0.25) is 0 Å². The number of alkyl halides is 3. The molecule has 0 atom stereocenters. The van der Waals surface area contributed by atoms with Crippen molar-refractivity contribution >= 4 is 16.2 Å². The van der Waals surface area contributed by atoms with Gasteiger partial charge in [-0.3, -0.25) is 9.67 Å². The van der Waals surface area contributed by atoms with Gasteiger partial charge in [0.05, 0.1) is 24.5 Å². The summed E-state index contributed by atoms with van der Waals surface area (Å²) in [6.07, 6.45) is 0.628. The van der Waals surface area contributed by atoms with E-state index in [1.54, 1.807) is 20.3 Å². The molecule has 4 rings (SSSR count). The molecule has 0 spiro atoms. The Kier molecular flexibility index (Phi) is 7.91. The highest BCUT2D eigenvalue weighted by atomic mass is 32.2. The zero-order valence-corrected chi connectivity index (χ0v) is 21.0. The Bertz CT molecular complexity index is 1320. The molecule has 1 N–H and O–H groups in total. The highest BCUT2D eigenvalue weighted by Gasteiger charge is 2.38. The fraction of sp³-hybridized carbons (Fsp3) is 0.409. The third-order valence-corrected chi connectivity index (χ3v) is 7.26. The van der Waals surface area contributed by atoms with Crippen LogP contribution < -0.4 is 0 Å².